The van der Waals surface area contributed by atoms with Crippen molar-refractivity contribution in [1.82, 2.24) is 0 Å². The summed E-state index contributed by atoms with van der Waals surface area (Å²) in [5, 5.41) is 18.7. The lowest BCUT2D eigenvalue weighted by Crippen LogP contribution is -2.20. The fraction of sp³-hybridized carbons (Fsp3) is 0.800. The molecule has 2 nitrogen and oxygen atoms in total. The third-order valence-electron chi connectivity index (χ3n) is 3.14. The van der Waals surface area contributed by atoms with Crippen LogP contribution in [-0.2, 0) is 0 Å². The monoisotopic (exact) mass is 170 g/mol. The predicted octanol–water partition coefficient (Wildman–Crippen LogP) is 1.19. The summed E-state index contributed by atoms with van der Waals surface area (Å²) in [7, 11) is 0. The van der Waals surface area contributed by atoms with E-state index in [1.54, 1.807) is 0 Å². The van der Waals surface area contributed by atoms with Crippen LogP contribution in [0.5, 0.6) is 0 Å². The molecule has 0 aromatic carbocycles. The largest absolute Gasteiger partial charge is 0.396 e. The van der Waals surface area contributed by atoms with Crippen LogP contribution in [0.1, 0.15) is 20.3 Å². The molecular formula is C10H18O2. The van der Waals surface area contributed by atoms with Crippen molar-refractivity contribution in [3.8, 4) is 0 Å². The third kappa shape index (κ3) is 1.54. The van der Waals surface area contributed by atoms with Gasteiger partial charge in [-0.2, -0.15) is 0 Å². The minimum atomic E-state index is -0.260. The van der Waals surface area contributed by atoms with E-state index in [0.717, 1.165) is 12.0 Å². The first kappa shape index (κ1) is 9.75. The summed E-state index contributed by atoms with van der Waals surface area (Å²) in [5.41, 5.74) is 1.08. The lowest BCUT2D eigenvalue weighted by Gasteiger charge is -2.20. The van der Waals surface area contributed by atoms with Gasteiger partial charge in [-0.25, -0.2) is 0 Å². The Hall–Kier alpha value is -0.340. The number of aliphatic hydroxyl groups excluding tert-OH is 2. The van der Waals surface area contributed by atoms with E-state index in [0.29, 0.717) is 5.92 Å². The molecule has 0 aromatic heterocycles. The van der Waals surface area contributed by atoms with Crippen LogP contribution in [0.4, 0.5) is 0 Å². The zero-order valence-electron chi connectivity index (χ0n) is 7.83. The Balaban J connectivity index is 2.71. The molecule has 1 fully saturated rings. The van der Waals surface area contributed by atoms with Crippen LogP contribution in [0, 0.1) is 17.8 Å². The molecule has 0 saturated heterocycles. The summed E-state index contributed by atoms with van der Waals surface area (Å²) >= 11 is 0. The average Bonchev–Trinajstić information content (AvgIpc) is 2.29. The van der Waals surface area contributed by atoms with Crippen molar-refractivity contribution in [2.24, 2.45) is 17.8 Å². The second-order valence-corrected chi connectivity index (χ2v) is 3.96. The van der Waals surface area contributed by atoms with Crippen molar-refractivity contribution in [2.75, 3.05) is 6.61 Å². The standard InChI is InChI=1S/C10H18O2/c1-6(2)8-4-10(12)7(3)9(8)5-11/h7-12H,1,4-5H2,2-3H3. The second kappa shape index (κ2) is 3.58. The van der Waals surface area contributed by atoms with Crippen molar-refractivity contribution in [2.45, 2.75) is 26.4 Å². The van der Waals surface area contributed by atoms with Crippen molar-refractivity contribution in [3.05, 3.63) is 12.2 Å². The number of hydrogen-bond acceptors (Lipinski definition) is 2. The molecule has 2 N–H and O–H groups in total. The van der Waals surface area contributed by atoms with Gasteiger partial charge in [0.25, 0.3) is 0 Å². The molecule has 1 aliphatic carbocycles. The predicted molar refractivity (Wildman–Crippen MR) is 48.7 cm³/mol. The molecule has 0 bridgehead atoms. The van der Waals surface area contributed by atoms with Gasteiger partial charge in [0.1, 0.15) is 0 Å². The van der Waals surface area contributed by atoms with Gasteiger partial charge in [0.05, 0.1) is 6.10 Å². The van der Waals surface area contributed by atoms with Crippen molar-refractivity contribution in [3.63, 3.8) is 0 Å². The molecule has 1 aliphatic rings. The Labute approximate surface area is 73.9 Å². The highest BCUT2D eigenvalue weighted by atomic mass is 16.3. The summed E-state index contributed by atoms with van der Waals surface area (Å²) in [4.78, 5) is 0. The maximum absolute atomic E-state index is 9.57. The number of allylic oxidation sites excluding steroid dienone is 1. The van der Waals surface area contributed by atoms with Gasteiger partial charge in [0, 0.05) is 6.61 Å². The first-order valence-electron chi connectivity index (χ1n) is 4.52. The zero-order valence-corrected chi connectivity index (χ0v) is 7.83. The number of rotatable bonds is 2. The highest BCUT2D eigenvalue weighted by molar-refractivity contribution is 5.05. The van der Waals surface area contributed by atoms with Gasteiger partial charge < -0.3 is 10.2 Å². The quantitative estimate of drug-likeness (QED) is 0.611. The Morgan fingerprint density at radius 2 is 2.17 bits per heavy atom. The lowest BCUT2D eigenvalue weighted by molar-refractivity contribution is 0.107. The Kier molecular flexibility index (Phi) is 2.91. The minimum absolute atomic E-state index is 0.162. The van der Waals surface area contributed by atoms with E-state index in [4.69, 9.17) is 5.11 Å². The van der Waals surface area contributed by atoms with Crippen LogP contribution in [0.2, 0.25) is 0 Å². The van der Waals surface area contributed by atoms with Crippen LogP contribution < -0.4 is 0 Å². The molecule has 4 atom stereocenters. The molecule has 0 radical (unpaired) electrons. The summed E-state index contributed by atoms with van der Waals surface area (Å²) in [6.07, 6.45) is 0.505. The molecule has 0 spiro atoms. The van der Waals surface area contributed by atoms with Crippen molar-refractivity contribution < 1.29 is 10.2 Å². The van der Waals surface area contributed by atoms with Crippen LogP contribution in [0.15, 0.2) is 12.2 Å². The summed E-state index contributed by atoms with van der Waals surface area (Å²) in [6, 6.07) is 0. The van der Waals surface area contributed by atoms with Gasteiger partial charge >= 0.3 is 0 Å². The van der Waals surface area contributed by atoms with Crippen LogP contribution in [0.25, 0.3) is 0 Å². The van der Waals surface area contributed by atoms with Crippen molar-refractivity contribution >= 4 is 0 Å². The van der Waals surface area contributed by atoms with E-state index in [2.05, 4.69) is 6.58 Å². The minimum Gasteiger partial charge on any atom is -0.396 e. The first-order valence-corrected chi connectivity index (χ1v) is 4.52. The summed E-state index contributed by atoms with van der Waals surface area (Å²) < 4.78 is 0. The molecule has 70 valence electrons. The molecule has 0 amide bonds. The maximum Gasteiger partial charge on any atom is 0.0575 e. The zero-order chi connectivity index (χ0) is 9.30. The van der Waals surface area contributed by atoms with Gasteiger partial charge in [0.2, 0.25) is 0 Å². The van der Waals surface area contributed by atoms with E-state index in [1.165, 1.54) is 0 Å². The molecule has 1 rings (SSSR count). The smallest absolute Gasteiger partial charge is 0.0575 e. The first-order chi connectivity index (χ1) is 5.57. The fourth-order valence-electron chi connectivity index (χ4n) is 2.16. The topological polar surface area (TPSA) is 40.5 Å². The SMILES string of the molecule is C=C(C)C1CC(O)C(C)C1CO. The summed E-state index contributed by atoms with van der Waals surface area (Å²) in [5.74, 6) is 0.717. The lowest BCUT2D eigenvalue weighted by atomic mass is 9.87. The van der Waals surface area contributed by atoms with Crippen LogP contribution in [-0.4, -0.2) is 22.9 Å². The fourth-order valence-corrected chi connectivity index (χ4v) is 2.16. The molecule has 0 aliphatic heterocycles. The van der Waals surface area contributed by atoms with Gasteiger partial charge in [-0.15, -0.1) is 0 Å². The Morgan fingerprint density at radius 1 is 1.58 bits per heavy atom. The highest BCUT2D eigenvalue weighted by Crippen LogP contribution is 2.40. The van der Waals surface area contributed by atoms with Crippen molar-refractivity contribution in [1.29, 1.82) is 0 Å². The Bertz CT molecular complexity index is 177. The number of hydrogen-bond donors (Lipinski definition) is 2. The normalized spacial score (nSPS) is 41.7. The third-order valence-corrected chi connectivity index (χ3v) is 3.14. The molecule has 12 heavy (non-hydrogen) atoms. The average molecular weight is 170 g/mol. The number of aliphatic hydroxyl groups is 2. The molecule has 0 aromatic rings. The van der Waals surface area contributed by atoms with Gasteiger partial charge in [0.15, 0.2) is 0 Å². The second-order valence-electron chi connectivity index (χ2n) is 3.96. The maximum atomic E-state index is 9.57. The van der Waals surface area contributed by atoms with E-state index >= 15 is 0 Å². The van der Waals surface area contributed by atoms with E-state index in [9.17, 15) is 5.11 Å². The highest BCUT2D eigenvalue weighted by Gasteiger charge is 2.39. The van der Waals surface area contributed by atoms with E-state index in [-0.39, 0.29) is 24.5 Å². The molecule has 0 heterocycles. The molecular weight excluding hydrogens is 152 g/mol. The molecule has 4 unspecified atom stereocenters. The van der Waals surface area contributed by atoms with Crippen LogP contribution in [0.3, 0.4) is 0 Å². The Morgan fingerprint density at radius 3 is 2.50 bits per heavy atom. The van der Waals surface area contributed by atoms with Gasteiger partial charge in [-0.3, -0.25) is 0 Å². The van der Waals surface area contributed by atoms with E-state index in [1.807, 2.05) is 13.8 Å². The van der Waals surface area contributed by atoms with Gasteiger partial charge in [-0.1, -0.05) is 19.1 Å². The van der Waals surface area contributed by atoms with E-state index < -0.39 is 0 Å². The van der Waals surface area contributed by atoms with Crippen LogP contribution >= 0.6 is 0 Å². The summed E-state index contributed by atoms with van der Waals surface area (Å²) in [6.45, 7) is 8.01. The van der Waals surface area contributed by atoms with Gasteiger partial charge in [-0.05, 0) is 31.1 Å². The molecule has 1 saturated carbocycles. The molecule has 2 heteroatoms.